The monoisotopic (exact) mass is 385 g/mol. The van der Waals surface area contributed by atoms with Crippen LogP contribution in [0.25, 0.3) is 16.3 Å². The molecule has 2 aromatic carbocycles. The Morgan fingerprint density at radius 1 is 1.07 bits per heavy atom. The van der Waals surface area contributed by atoms with Gasteiger partial charge in [0.2, 0.25) is 0 Å². The number of benzene rings is 2. The van der Waals surface area contributed by atoms with Crippen LogP contribution in [0, 0.1) is 11.3 Å². The van der Waals surface area contributed by atoms with Crippen molar-refractivity contribution in [3.05, 3.63) is 95.0 Å². The highest BCUT2D eigenvalue weighted by Crippen LogP contribution is 2.26. The van der Waals surface area contributed by atoms with Gasteiger partial charge in [-0.25, -0.2) is 9.48 Å². The molecular formula is C22H15N3O2S. The highest BCUT2D eigenvalue weighted by molar-refractivity contribution is 7.13. The number of nitriles is 1. The van der Waals surface area contributed by atoms with E-state index in [0.717, 1.165) is 21.8 Å². The Morgan fingerprint density at radius 2 is 1.86 bits per heavy atom. The van der Waals surface area contributed by atoms with E-state index in [1.54, 1.807) is 46.4 Å². The van der Waals surface area contributed by atoms with E-state index in [1.165, 1.54) is 0 Å². The molecule has 136 valence electrons. The van der Waals surface area contributed by atoms with Gasteiger partial charge in [0.15, 0.2) is 5.69 Å². The molecule has 28 heavy (non-hydrogen) atoms. The van der Waals surface area contributed by atoms with E-state index in [9.17, 15) is 4.79 Å². The quantitative estimate of drug-likeness (QED) is 0.462. The third kappa shape index (κ3) is 3.70. The topological polar surface area (TPSA) is 67.9 Å². The second-order valence-corrected chi connectivity index (χ2v) is 6.97. The van der Waals surface area contributed by atoms with E-state index in [4.69, 9.17) is 10.00 Å². The summed E-state index contributed by atoms with van der Waals surface area (Å²) in [6, 6.07) is 24.2. The number of hydrogen-bond acceptors (Lipinski definition) is 5. The molecule has 0 unspecified atom stereocenters. The van der Waals surface area contributed by atoms with E-state index in [-0.39, 0.29) is 6.61 Å². The molecule has 0 radical (unpaired) electrons. The first kappa shape index (κ1) is 17.7. The summed E-state index contributed by atoms with van der Waals surface area (Å²) in [5, 5.41) is 15.5. The Balaban J connectivity index is 1.61. The molecule has 0 fully saturated rings. The Bertz CT molecular complexity index is 1130. The highest BCUT2D eigenvalue weighted by Gasteiger charge is 2.19. The number of esters is 1. The van der Waals surface area contributed by atoms with Crippen molar-refractivity contribution in [2.75, 3.05) is 0 Å². The van der Waals surface area contributed by atoms with E-state index >= 15 is 0 Å². The van der Waals surface area contributed by atoms with Crippen molar-refractivity contribution in [1.29, 1.82) is 5.26 Å². The summed E-state index contributed by atoms with van der Waals surface area (Å²) in [6.07, 6.45) is 0. The number of nitrogens with zero attached hydrogens (tertiary/aromatic N) is 3. The molecule has 2 aromatic heterocycles. The van der Waals surface area contributed by atoms with Crippen LogP contribution in [0.15, 0.2) is 78.2 Å². The van der Waals surface area contributed by atoms with Crippen LogP contribution in [0.1, 0.15) is 21.6 Å². The Hall–Kier alpha value is -3.69. The highest BCUT2D eigenvalue weighted by atomic mass is 32.1. The first-order valence-corrected chi connectivity index (χ1v) is 9.48. The Morgan fingerprint density at radius 3 is 2.54 bits per heavy atom. The predicted octanol–water partition coefficient (Wildman–Crippen LogP) is 4.83. The molecule has 0 saturated heterocycles. The zero-order valence-corrected chi connectivity index (χ0v) is 15.6. The van der Waals surface area contributed by atoms with E-state index in [0.29, 0.717) is 11.3 Å². The molecule has 0 spiro atoms. The second-order valence-electron chi connectivity index (χ2n) is 6.02. The van der Waals surface area contributed by atoms with Gasteiger partial charge in [-0.2, -0.15) is 10.4 Å². The molecule has 0 aliphatic heterocycles. The molecule has 2 heterocycles. The Labute approximate surface area is 166 Å². The van der Waals surface area contributed by atoms with Gasteiger partial charge in [-0.15, -0.1) is 11.3 Å². The van der Waals surface area contributed by atoms with Crippen molar-refractivity contribution in [2.45, 2.75) is 6.61 Å². The van der Waals surface area contributed by atoms with Crippen LogP contribution < -0.4 is 0 Å². The van der Waals surface area contributed by atoms with Gasteiger partial charge in [-0.05, 0) is 41.3 Å². The van der Waals surface area contributed by atoms with Gasteiger partial charge in [-0.3, -0.25) is 0 Å². The fourth-order valence-electron chi connectivity index (χ4n) is 2.74. The summed E-state index contributed by atoms with van der Waals surface area (Å²) >= 11 is 1.56. The molecule has 0 amide bonds. The number of carbonyl (C=O) groups is 1. The summed E-state index contributed by atoms with van der Waals surface area (Å²) in [5.41, 5.74) is 3.26. The Kier molecular flexibility index (Phi) is 5.00. The van der Waals surface area contributed by atoms with Crippen molar-refractivity contribution < 1.29 is 9.53 Å². The number of carbonyl (C=O) groups excluding carboxylic acids is 1. The molecular weight excluding hydrogens is 370 g/mol. The lowest BCUT2D eigenvalue weighted by Gasteiger charge is -2.08. The fraction of sp³-hybridized carbons (Fsp3) is 0.0455. The molecule has 6 heteroatoms. The van der Waals surface area contributed by atoms with E-state index in [2.05, 4.69) is 11.2 Å². The van der Waals surface area contributed by atoms with Gasteiger partial charge >= 0.3 is 5.97 Å². The van der Waals surface area contributed by atoms with Crippen LogP contribution in [0.4, 0.5) is 0 Å². The van der Waals surface area contributed by atoms with Gasteiger partial charge in [0, 0.05) is 6.07 Å². The lowest BCUT2D eigenvalue weighted by atomic mass is 10.2. The van der Waals surface area contributed by atoms with Gasteiger partial charge in [0.25, 0.3) is 0 Å². The molecule has 4 rings (SSSR count). The van der Waals surface area contributed by atoms with Crippen molar-refractivity contribution in [1.82, 2.24) is 9.78 Å². The standard InChI is InChI=1S/C22H15N3O2S/c23-14-16-8-10-17(11-9-16)15-27-22(26)20-13-19(21-7-4-12-28-21)24-25(20)18-5-2-1-3-6-18/h1-13H,15H2. The van der Waals surface area contributed by atoms with Gasteiger partial charge < -0.3 is 4.74 Å². The average Bonchev–Trinajstić information content (AvgIpc) is 3.43. The molecule has 0 atom stereocenters. The minimum atomic E-state index is -0.455. The molecule has 0 aliphatic carbocycles. The predicted molar refractivity (Wildman–Crippen MR) is 107 cm³/mol. The lowest BCUT2D eigenvalue weighted by molar-refractivity contribution is 0.0462. The number of rotatable bonds is 5. The van der Waals surface area contributed by atoms with Gasteiger partial charge in [0.05, 0.1) is 22.2 Å². The SMILES string of the molecule is N#Cc1ccc(COC(=O)c2cc(-c3cccs3)nn2-c2ccccc2)cc1. The zero-order chi connectivity index (χ0) is 19.3. The van der Waals surface area contributed by atoms with Crippen molar-refractivity contribution in [3.63, 3.8) is 0 Å². The smallest absolute Gasteiger partial charge is 0.357 e. The van der Waals surface area contributed by atoms with Crippen molar-refractivity contribution in [3.8, 4) is 22.3 Å². The minimum absolute atomic E-state index is 0.124. The number of para-hydroxylation sites is 1. The maximum absolute atomic E-state index is 12.8. The lowest BCUT2D eigenvalue weighted by Crippen LogP contribution is -2.12. The molecule has 5 nitrogen and oxygen atoms in total. The summed E-state index contributed by atoms with van der Waals surface area (Å²) in [4.78, 5) is 13.8. The van der Waals surface area contributed by atoms with Crippen LogP contribution in [0.2, 0.25) is 0 Å². The van der Waals surface area contributed by atoms with Gasteiger partial charge in [-0.1, -0.05) is 36.4 Å². The molecule has 0 N–H and O–H groups in total. The van der Waals surface area contributed by atoms with Crippen LogP contribution >= 0.6 is 11.3 Å². The minimum Gasteiger partial charge on any atom is -0.456 e. The van der Waals surface area contributed by atoms with Gasteiger partial charge in [0.1, 0.15) is 12.3 Å². The van der Waals surface area contributed by atoms with Crippen molar-refractivity contribution >= 4 is 17.3 Å². The largest absolute Gasteiger partial charge is 0.456 e. The first-order chi connectivity index (χ1) is 13.7. The summed E-state index contributed by atoms with van der Waals surface area (Å²) < 4.78 is 7.11. The third-order valence-corrected chi connectivity index (χ3v) is 5.04. The second kappa shape index (κ2) is 7.91. The molecule has 0 aliphatic rings. The average molecular weight is 385 g/mol. The van der Waals surface area contributed by atoms with Crippen LogP contribution in [0.5, 0.6) is 0 Å². The summed E-state index contributed by atoms with van der Waals surface area (Å²) in [6.45, 7) is 0.124. The number of hydrogen-bond donors (Lipinski definition) is 0. The van der Waals surface area contributed by atoms with E-state index < -0.39 is 5.97 Å². The van der Waals surface area contributed by atoms with E-state index in [1.807, 2.05) is 47.8 Å². The fourth-order valence-corrected chi connectivity index (χ4v) is 3.42. The number of thiophene rings is 1. The summed E-state index contributed by atoms with van der Waals surface area (Å²) in [7, 11) is 0. The van der Waals surface area contributed by atoms with Crippen LogP contribution in [-0.2, 0) is 11.3 Å². The van der Waals surface area contributed by atoms with Crippen LogP contribution in [-0.4, -0.2) is 15.7 Å². The molecule has 4 aromatic rings. The maximum atomic E-state index is 12.8. The zero-order valence-electron chi connectivity index (χ0n) is 14.8. The molecule has 0 bridgehead atoms. The number of ether oxygens (including phenoxy) is 1. The third-order valence-electron chi connectivity index (χ3n) is 4.15. The normalized spacial score (nSPS) is 10.4. The van der Waals surface area contributed by atoms with Crippen molar-refractivity contribution in [2.24, 2.45) is 0 Å². The van der Waals surface area contributed by atoms with Crippen LogP contribution in [0.3, 0.4) is 0 Å². The first-order valence-electron chi connectivity index (χ1n) is 8.60. The molecule has 0 saturated carbocycles. The number of aromatic nitrogens is 2. The summed E-state index contributed by atoms with van der Waals surface area (Å²) in [5.74, 6) is -0.455. The maximum Gasteiger partial charge on any atom is 0.357 e.